The van der Waals surface area contributed by atoms with Crippen LogP contribution in [0.4, 0.5) is 11.8 Å². The van der Waals surface area contributed by atoms with E-state index >= 15 is 0 Å². The maximum atomic E-state index is 9.34. The number of nitrogens with zero attached hydrogens (tertiary/aromatic N) is 3. The van der Waals surface area contributed by atoms with E-state index in [1.54, 1.807) is 6.20 Å². The summed E-state index contributed by atoms with van der Waals surface area (Å²) in [5, 5.41) is 14.9. The SMILES string of the molecule is CCCC[C@@H](CCO)Nc1nc(N)ncc1OCc1cc2ccccc2cn1. The molecule has 0 radical (unpaired) electrons. The first-order valence-electron chi connectivity index (χ1n) is 9.66. The van der Waals surface area contributed by atoms with Gasteiger partial charge in [0, 0.05) is 24.2 Å². The van der Waals surface area contributed by atoms with Crippen molar-refractivity contribution in [1.29, 1.82) is 0 Å². The maximum absolute atomic E-state index is 9.34. The lowest BCUT2D eigenvalue weighted by Crippen LogP contribution is -2.22. The second-order valence-corrected chi connectivity index (χ2v) is 6.75. The Bertz CT molecular complexity index is 903. The minimum Gasteiger partial charge on any atom is -0.482 e. The third-order valence-electron chi connectivity index (χ3n) is 4.56. The van der Waals surface area contributed by atoms with Gasteiger partial charge in [0.1, 0.15) is 6.61 Å². The molecule has 2 aromatic heterocycles. The van der Waals surface area contributed by atoms with Crippen molar-refractivity contribution in [3.63, 3.8) is 0 Å². The molecule has 0 saturated carbocycles. The van der Waals surface area contributed by atoms with E-state index in [1.165, 1.54) is 0 Å². The van der Waals surface area contributed by atoms with Gasteiger partial charge >= 0.3 is 0 Å². The van der Waals surface area contributed by atoms with E-state index in [1.807, 2.05) is 36.5 Å². The molecule has 4 N–H and O–H groups in total. The molecule has 7 heteroatoms. The lowest BCUT2D eigenvalue weighted by molar-refractivity contribution is 0.275. The van der Waals surface area contributed by atoms with Gasteiger partial charge in [0.15, 0.2) is 11.6 Å². The summed E-state index contributed by atoms with van der Waals surface area (Å²) >= 11 is 0. The number of benzene rings is 1. The molecule has 0 bridgehead atoms. The van der Waals surface area contributed by atoms with Crippen molar-refractivity contribution in [2.75, 3.05) is 17.7 Å². The first-order chi connectivity index (χ1) is 13.7. The van der Waals surface area contributed by atoms with E-state index in [2.05, 4.69) is 27.2 Å². The number of aliphatic hydroxyl groups is 1. The molecular formula is C21H27N5O2. The predicted molar refractivity (Wildman–Crippen MR) is 111 cm³/mol. The standard InChI is InChI=1S/C21H27N5O2/c1-2-3-8-17(9-10-27)25-20-19(13-24-21(22)26-20)28-14-18-11-15-6-4-5-7-16(15)12-23-18/h4-7,11-13,17,27H,2-3,8-10,14H2,1H3,(H3,22,24,25,26)/t17-/m0/s1. The normalized spacial score (nSPS) is 12.1. The van der Waals surface area contributed by atoms with Gasteiger partial charge in [0.05, 0.1) is 11.9 Å². The van der Waals surface area contributed by atoms with Gasteiger partial charge in [-0.05, 0) is 24.3 Å². The van der Waals surface area contributed by atoms with Crippen LogP contribution in [0.1, 0.15) is 38.3 Å². The monoisotopic (exact) mass is 381 g/mol. The van der Waals surface area contributed by atoms with Gasteiger partial charge in [-0.15, -0.1) is 0 Å². The minimum atomic E-state index is 0.0976. The molecule has 1 atom stereocenters. The Morgan fingerprint density at radius 2 is 1.96 bits per heavy atom. The summed E-state index contributed by atoms with van der Waals surface area (Å²) in [5.41, 5.74) is 6.59. The number of anilines is 2. The van der Waals surface area contributed by atoms with Gasteiger partial charge in [0.2, 0.25) is 5.95 Å². The van der Waals surface area contributed by atoms with E-state index in [4.69, 9.17) is 10.5 Å². The molecule has 0 spiro atoms. The molecular weight excluding hydrogens is 354 g/mol. The van der Waals surface area contributed by atoms with Crippen molar-refractivity contribution in [2.24, 2.45) is 0 Å². The summed E-state index contributed by atoms with van der Waals surface area (Å²) in [6.45, 7) is 2.55. The average Bonchev–Trinajstić information content (AvgIpc) is 2.71. The van der Waals surface area contributed by atoms with Crippen LogP contribution < -0.4 is 15.8 Å². The summed E-state index contributed by atoms with van der Waals surface area (Å²) in [7, 11) is 0. The molecule has 7 nitrogen and oxygen atoms in total. The summed E-state index contributed by atoms with van der Waals surface area (Å²) in [5.74, 6) is 1.24. The van der Waals surface area contributed by atoms with E-state index in [0.717, 1.165) is 35.7 Å². The average molecular weight is 381 g/mol. The summed E-state index contributed by atoms with van der Waals surface area (Å²) < 4.78 is 5.94. The predicted octanol–water partition coefficient (Wildman–Crippen LogP) is 3.54. The molecule has 2 heterocycles. The summed E-state index contributed by atoms with van der Waals surface area (Å²) in [6, 6.07) is 10.2. The molecule has 0 amide bonds. The Morgan fingerprint density at radius 3 is 2.75 bits per heavy atom. The Balaban J connectivity index is 1.73. The van der Waals surface area contributed by atoms with Gasteiger partial charge in [-0.2, -0.15) is 4.98 Å². The number of hydrogen-bond acceptors (Lipinski definition) is 7. The topological polar surface area (TPSA) is 106 Å². The summed E-state index contributed by atoms with van der Waals surface area (Å²) in [4.78, 5) is 12.8. The number of hydrogen-bond donors (Lipinski definition) is 3. The van der Waals surface area contributed by atoms with Crippen molar-refractivity contribution in [1.82, 2.24) is 15.0 Å². The number of ether oxygens (including phenoxy) is 1. The molecule has 0 fully saturated rings. The van der Waals surface area contributed by atoms with Gasteiger partial charge in [-0.1, -0.05) is 44.0 Å². The molecule has 28 heavy (non-hydrogen) atoms. The first-order valence-corrected chi connectivity index (χ1v) is 9.66. The number of aliphatic hydroxyl groups excluding tert-OH is 1. The largest absolute Gasteiger partial charge is 0.482 e. The molecule has 148 valence electrons. The Kier molecular flexibility index (Phi) is 6.97. The maximum Gasteiger partial charge on any atom is 0.222 e. The number of aromatic nitrogens is 3. The highest BCUT2D eigenvalue weighted by molar-refractivity contribution is 5.81. The number of unbranched alkanes of at least 4 members (excludes halogenated alkanes) is 1. The van der Waals surface area contributed by atoms with E-state index < -0.39 is 0 Å². The van der Waals surface area contributed by atoms with Crippen LogP contribution in [0.5, 0.6) is 5.75 Å². The van der Waals surface area contributed by atoms with Crippen LogP contribution >= 0.6 is 0 Å². The second-order valence-electron chi connectivity index (χ2n) is 6.75. The molecule has 3 aromatic rings. The van der Waals surface area contributed by atoms with E-state index in [-0.39, 0.29) is 18.6 Å². The fourth-order valence-corrected chi connectivity index (χ4v) is 3.04. The van der Waals surface area contributed by atoms with Gasteiger partial charge in [-0.25, -0.2) is 4.98 Å². The number of nitrogens with two attached hydrogens (primary N) is 1. The van der Waals surface area contributed by atoms with E-state index in [0.29, 0.717) is 24.6 Å². The molecule has 0 aliphatic heterocycles. The zero-order valence-corrected chi connectivity index (χ0v) is 16.1. The fraction of sp³-hybridized carbons (Fsp3) is 0.381. The van der Waals surface area contributed by atoms with Crippen LogP contribution in [0, 0.1) is 0 Å². The van der Waals surface area contributed by atoms with Crippen LogP contribution in [0.15, 0.2) is 42.7 Å². The highest BCUT2D eigenvalue weighted by Crippen LogP contribution is 2.25. The van der Waals surface area contributed by atoms with Crippen LogP contribution in [0.2, 0.25) is 0 Å². The van der Waals surface area contributed by atoms with Gasteiger partial charge in [0.25, 0.3) is 0 Å². The van der Waals surface area contributed by atoms with Crippen LogP contribution in [0.3, 0.4) is 0 Å². The summed E-state index contributed by atoms with van der Waals surface area (Å²) in [6.07, 6.45) is 7.14. The number of pyridine rings is 1. The third kappa shape index (κ3) is 5.29. The second kappa shape index (κ2) is 9.85. The van der Waals surface area contributed by atoms with Crippen molar-refractivity contribution in [3.8, 4) is 5.75 Å². The third-order valence-corrected chi connectivity index (χ3v) is 4.56. The Morgan fingerprint density at radius 1 is 1.14 bits per heavy atom. The Labute approximate surface area is 165 Å². The van der Waals surface area contributed by atoms with Crippen molar-refractivity contribution in [3.05, 3.63) is 48.4 Å². The van der Waals surface area contributed by atoms with Crippen molar-refractivity contribution >= 4 is 22.5 Å². The number of nitrogen functional groups attached to an aromatic ring is 1. The van der Waals surface area contributed by atoms with Crippen LogP contribution in [-0.4, -0.2) is 32.7 Å². The molecule has 0 saturated heterocycles. The van der Waals surface area contributed by atoms with Crippen molar-refractivity contribution in [2.45, 2.75) is 45.3 Å². The lowest BCUT2D eigenvalue weighted by atomic mass is 10.1. The fourth-order valence-electron chi connectivity index (χ4n) is 3.04. The number of nitrogens with one attached hydrogen (secondary N) is 1. The lowest BCUT2D eigenvalue weighted by Gasteiger charge is -2.20. The molecule has 3 rings (SSSR count). The molecule has 1 aromatic carbocycles. The highest BCUT2D eigenvalue weighted by atomic mass is 16.5. The van der Waals surface area contributed by atoms with Gasteiger partial charge in [-0.3, -0.25) is 4.98 Å². The highest BCUT2D eigenvalue weighted by Gasteiger charge is 2.14. The van der Waals surface area contributed by atoms with Crippen LogP contribution in [-0.2, 0) is 6.61 Å². The molecule has 0 aliphatic carbocycles. The zero-order chi connectivity index (χ0) is 19.8. The van der Waals surface area contributed by atoms with Gasteiger partial charge < -0.3 is 20.9 Å². The Hall–Kier alpha value is -2.93. The first kappa shape index (κ1) is 19.8. The number of fused-ring (bicyclic) bond motifs is 1. The molecule has 0 unspecified atom stereocenters. The van der Waals surface area contributed by atoms with E-state index in [9.17, 15) is 5.11 Å². The smallest absolute Gasteiger partial charge is 0.222 e. The quantitative estimate of drug-likeness (QED) is 0.493. The minimum absolute atomic E-state index is 0.0976. The zero-order valence-electron chi connectivity index (χ0n) is 16.1. The van der Waals surface area contributed by atoms with Crippen molar-refractivity contribution < 1.29 is 9.84 Å². The molecule has 0 aliphatic rings. The number of rotatable bonds is 10. The van der Waals surface area contributed by atoms with Crippen LogP contribution in [0.25, 0.3) is 10.8 Å².